The molecule has 0 unspecified atom stereocenters. The summed E-state index contributed by atoms with van der Waals surface area (Å²) in [7, 11) is 0. The average molecular weight is 329 g/mol. The number of rotatable bonds is 4. The summed E-state index contributed by atoms with van der Waals surface area (Å²) in [6.07, 6.45) is 3.61. The van der Waals surface area contributed by atoms with Crippen LogP contribution in [0.4, 0.5) is 0 Å². The fourth-order valence-corrected chi connectivity index (χ4v) is 3.23. The van der Waals surface area contributed by atoms with Gasteiger partial charge in [0.25, 0.3) is 5.91 Å². The number of aliphatic hydroxyl groups is 1. The van der Waals surface area contributed by atoms with E-state index in [0.29, 0.717) is 32.4 Å². The molecule has 3 rings (SSSR count). The van der Waals surface area contributed by atoms with Crippen molar-refractivity contribution in [3.63, 3.8) is 0 Å². The van der Waals surface area contributed by atoms with Crippen molar-refractivity contribution in [2.45, 2.75) is 31.8 Å². The van der Waals surface area contributed by atoms with Crippen LogP contribution in [0.1, 0.15) is 25.3 Å². The molecule has 0 saturated carbocycles. The number of likely N-dealkylation sites (tertiary alicyclic amines) is 1. The van der Waals surface area contributed by atoms with Gasteiger partial charge in [0.15, 0.2) is 5.60 Å². The first kappa shape index (κ1) is 16.5. The summed E-state index contributed by atoms with van der Waals surface area (Å²) in [6, 6.07) is 8.15. The largest absolute Gasteiger partial charge is 0.378 e. The number of piperidine rings is 1. The number of carbonyl (C=O) groups excluding carboxylic acids is 2. The average Bonchev–Trinajstić information content (AvgIpc) is 3.02. The lowest BCUT2D eigenvalue weighted by atomic mass is 9.91. The minimum absolute atomic E-state index is 0.0729. The van der Waals surface area contributed by atoms with Gasteiger partial charge in [-0.1, -0.05) is 6.07 Å². The highest BCUT2D eigenvalue weighted by Gasteiger charge is 2.40. The molecule has 24 heavy (non-hydrogen) atoms. The van der Waals surface area contributed by atoms with E-state index < -0.39 is 11.5 Å². The number of aromatic nitrogens is 1. The van der Waals surface area contributed by atoms with Crippen molar-refractivity contribution in [2.75, 3.05) is 19.6 Å². The molecule has 2 heterocycles. The lowest BCUT2D eigenvalue weighted by Gasteiger charge is -2.37. The van der Waals surface area contributed by atoms with E-state index in [-0.39, 0.29) is 12.5 Å². The maximum atomic E-state index is 12.3. The molecule has 3 N–H and O–H groups in total. The molecule has 1 saturated heterocycles. The predicted octanol–water partition coefficient (Wildman–Crippen LogP) is 1.20. The molecule has 1 fully saturated rings. The molecule has 6 nitrogen and oxygen atoms in total. The zero-order valence-corrected chi connectivity index (χ0v) is 13.8. The summed E-state index contributed by atoms with van der Waals surface area (Å²) in [6.45, 7) is 2.59. The number of benzene rings is 1. The van der Waals surface area contributed by atoms with Crippen LogP contribution in [0.2, 0.25) is 0 Å². The smallest absolute Gasteiger partial charge is 0.253 e. The van der Waals surface area contributed by atoms with Gasteiger partial charge in [0, 0.05) is 31.7 Å². The fraction of sp³-hybridized carbons (Fsp3) is 0.444. The third-order valence-corrected chi connectivity index (χ3v) is 4.66. The Hall–Kier alpha value is -2.34. The maximum absolute atomic E-state index is 12.3. The molecule has 0 bridgehead atoms. The molecule has 1 aliphatic heterocycles. The van der Waals surface area contributed by atoms with Crippen molar-refractivity contribution in [3.8, 4) is 0 Å². The van der Waals surface area contributed by atoms with E-state index in [1.54, 1.807) is 0 Å². The Balaban J connectivity index is 1.55. The van der Waals surface area contributed by atoms with E-state index in [1.807, 2.05) is 24.4 Å². The Morgan fingerprint density at radius 3 is 3.00 bits per heavy atom. The van der Waals surface area contributed by atoms with Crippen molar-refractivity contribution in [1.82, 2.24) is 15.2 Å². The Morgan fingerprint density at radius 1 is 1.38 bits per heavy atom. The van der Waals surface area contributed by atoms with Crippen LogP contribution in [0.5, 0.6) is 0 Å². The van der Waals surface area contributed by atoms with Crippen LogP contribution in [0.15, 0.2) is 30.5 Å². The first-order valence-corrected chi connectivity index (χ1v) is 8.30. The number of nitrogens with zero attached hydrogens (tertiary/aromatic N) is 1. The predicted molar refractivity (Wildman–Crippen MR) is 91.5 cm³/mol. The van der Waals surface area contributed by atoms with E-state index in [4.69, 9.17) is 0 Å². The first-order chi connectivity index (χ1) is 11.5. The van der Waals surface area contributed by atoms with E-state index in [9.17, 15) is 14.7 Å². The zero-order valence-electron chi connectivity index (χ0n) is 13.8. The van der Waals surface area contributed by atoms with Crippen molar-refractivity contribution in [2.24, 2.45) is 0 Å². The topological polar surface area (TPSA) is 85.4 Å². The van der Waals surface area contributed by atoms with Gasteiger partial charge in [0.2, 0.25) is 5.91 Å². The van der Waals surface area contributed by atoms with E-state index in [0.717, 1.165) is 16.5 Å². The van der Waals surface area contributed by atoms with Gasteiger partial charge in [-0.2, -0.15) is 0 Å². The lowest BCUT2D eigenvalue weighted by molar-refractivity contribution is -0.150. The van der Waals surface area contributed by atoms with Crippen molar-refractivity contribution >= 4 is 22.7 Å². The second-order valence-corrected chi connectivity index (χ2v) is 6.48. The minimum Gasteiger partial charge on any atom is -0.378 e. The van der Waals surface area contributed by atoms with E-state index >= 15 is 0 Å². The summed E-state index contributed by atoms with van der Waals surface area (Å²) < 4.78 is 0. The van der Waals surface area contributed by atoms with Gasteiger partial charge in [-0.25, -0.2) is 0 Å². The minimum atomic E-state index is -1.48. The number of hydrogen-bond donors (Lipinski definition) is 3. The van der Waals surface area contributed by atoms with Crippen molar-refractivity contribution in [3.05, 3.63) is 36.0 Å². The first-order valence-electron chi connectivity index (χ1n) is 8.30. The maximum Gasteiger partial charge on any atom is 0.253 e. The van der Waals surface area contributed by atoms with Crippen LogP contribution in [-0.4, -0.2) is 52.0 Å². The second kappa shape index (κ2) is 6.65. The van der Waals surface area contributed by atoms with Crippen LogP contribution in [0, 0.1) is 0 Å². The van der Waals surface area contributed by atoms with Crippen LogP contribution >= 0.6 is 0 Å². The summed E-state index contributed by atoms with van der Waals surface area (Å²) in [5.74, 6) is -0.503. The number of aromatic amines is 1. The standard InChI is InChI=1S/C18H23N3O3/c1-13(22)21-10-2-7-18(24,12-21)17(23)20-8-5-14-3-4-16-15(11-14)6-9-19-16/h3-4,6,9,11,19,24H,2,5,7-8,10,12H2,1H3,(H,20,23)/t18-/m0/s1. The molecular weight excluding hydrogens is 306 g/mol. The lowest BCUT2D eigenvalue weighted by Crippen LogP contribution is -2.58. The number of carbonyl (C=O) groups is 2. The molecule has 128 valence electrons. The molecule has 1 aromatic carbocycles. The highest BCUT2D eigenvalue weighted by atomic mass is 16.3. The van der Waals surface area contributed by atoms with Crippen LogP contribution in [-0.2, 0) is 16.0 Å². The van der Waals surface area contributed by atoms with Gasteiger partial charge < -0.3 is 20.3 Å². The summed E-state index contributed by atoms with van der Waals surface area (Å²) in [5.41, 5.74) is 0.737. The summed E-state index contributed by atoms with van der Waals surface area (Å²) >= 11 is 0. The summed E-state index contributed by atoms with van der Waals surface area (Å²) in [4.78, 5) is 28.5. The van der Waals surface area contributed by atoms with Crippen LogP contribution < -0.4 is 5.32 Å². The second-order valence-electron chi connectivity index (χ2n) is 6.48. The van der Waals surface area contributed by atoms with E-state index in [1.165, 1.54) is 11.8 Å². The molecular formula is C18H23N3O3. The molecule has 0 spiro atoms. The highest BCUT2D eigenvalue weighted by Crippen LogP contribution is 2.21. The zero-order chi connectivity index (χ0) is 17.2. The molecule has 6 heteroatoms. The van der Waals surface area contributed by atoms with Gasteiger partial charge in [-0.05, 0) is 48.4 Å². The monoisotopic (exact) mass is 329 g/mol. The van der Waals surface area contributed by atoms with Crippen LogP contribution in [0.3, 0.4) is 0 Å². The Labute approximate surface area is 140 Å². The van der Waals surface area contributed by atoms with Crippen molar-refractivity contribution in [1.29, 1.82) is 0 Å². The molecule has 0 aliphatic carbocycles. The van der Waals surface area contributed by atoms with Crippen LogP contribution in [0.25, 0.3) is 10.9 Å². The molecule has 0 radical (unpaired) electrons. The number of fused-ring (bicyclic) bond motifs is 1. The molecule has 2 amide bonds. The van der Waals surface area contributed by atoms with Gasteiger partial charge in [0.1, 0.15) is 0 Å². The SMILES string of the molecule is CC(=O)N1CCC[C@@](O)(C(=O)NCCc2ccc3[nH]ccc3c2)C1. The number of H-pyrrole nitrogens is 1. The third-order valence-electron chi connectivity index (χ3n) is 4.66. The van der Waals surface area contributed by atoms with Crippen molar-refractivity contribution < 1.29 is 14.7 Å². The Bertz CT molecular complexity index is 755. The molecule has 1 aliphatic rings. The number of hydrogen-bond acceptors (Lipinski definition) is 3. The Morgan fingerprint density at radius 2 is 2.21 bits per heavy atom. The number of amides is 2. The normalized spacial score (nSPS) is 21.0. The van der Waals surface area contributed by atoms with Gasteiger partial charge in [-0.15, -0.1) is 0 Å². The van der Waals surface area contributed by atoms with Gasteiger partial charge in [0.05, 0.1) is 6.54 Å². The molecule has 2 aromatic rings. The van der Waals surface area contributed by atoms with E-state index in [2.05, 4.69) is 16.4 Å². The van der Waals surface area contributed by atoms with Gasteiger partial charge >= 0.3 is 0 Å². The highest BCUT2D eigenvalue weighted by molar-refractivity contribution is 5.86. The molecule has 1 atom stereocenters. The third kappa shape index (κ3) is 3.43. The number of nitrogens with one attached hydrogen (secondary N) is 2. The fourth-order valence-electron chi connectivity index (χ4n) is 3.23. The molecule has 1 aromatic heterocycles. The number of β-amino-alcohol motifs (C(OH)–C–C–N with tert-alkyl or cyclic N) is 1. The Kier molecular flexibility index (Phi) is 4.57. The quantitative estimate of drug-likeness (QED) is 0.788. The van der Waals surface area contributed by atoms with Gasteiger partial charge in [-0.3, -0.25) is 9.59 Å². The summed E-state index contributed by atoms with van der Waals surface area (Å²) in [5, 5.41) is 14.5.